The van der Waals surface area contributed by atoms with Crippen LogP contribution in [0.5, 0.6) is 0 Å². The number of para-hydroxylation sites is 1. The Morgan fingerprint density at radius 1 is 0.406 bits per heavy atom. The maximum atomic E-state index is 6.71. The summed E-state index contributed by atoms with van der Waals surface area (Å²) in [6, 6.07) is 77.8. The van der Waals surface area contributed by atoms with E-state index in [0.717, 1.165) is 55.5 Å². The molecule has 1 aliphatic rings. The lowest BCUT2D eigenvalue weighted by molar-refractivity contribution is 0.662. The third-order valence-corrected chi connectivity index (χ3v) is 14.8. The van der Waals surface area contributed by atoms with Gasteiger partial charge < -0.3 is 9.32 Å². The predicted molar refractivity (Wildman–Crippen MR) is 273 cm³/mol. The van der Waals surface area contributed by atoms with Gasteiger partial charge in [0, 0.05) is 58.7 Å². The van der Waals surface area contributed by atoms with E-state index in [2.05, 4.69) is 231 Å². The van der Waals surface area contributed by atoms with Crippen LogP contribution in [-0.2, 0) is 5.41 Å². The van der Waals surface area contributed by atoms with Crippen LogP contribution in [0.1, 0.15) is 25.0 Å². The molecule has 0 radical (unpaired) electrons. The standard InChI is InChI=1S/C61H41NOS/c1-61(2)52-23-8-5-16-46(52)49-22-11-20-44(59(49)61)40-30-35-42(36-31-40)62(41-33-28-39(29-34-41)43-19-13-27-56-58(43)50-18-7-10-26-55(50)64-56)53-24-9-6-17-47(53)48-21-12-25-54-57(48)51-37-32-38-14-3-4-15-45(38)60(51)63-54/h3-37H,1-2H3. The van der Waals surface area contributed by atoms with E-state index >= 15 is 0 Å². The van der Waals surface area contributed by atoms with Gasteiger partial charge in [-0.25, -0.2) is 0 Å². The number of anilines is 3. The highest BCUT2D eigenvalue weighted by Crippen LogP contribution is 2.53. The summed E-state index contributed by atoms with van der Waals surface area (Å²) >= 11 is 1.86. The first-order chi connectivity index (χ1) is 31.5. The van der Waals surface area contributed by atoms with Gasteiger partial charge in [-0.05, 0) is 110 Å². The number of hydrogen-bond acceptors (Lipinski definition) is 3. The summed E-state index contributed by atoms with van der Waals surface area (Å²) in [6.07, 6.45) is 0. The molecule has 302 valence electrons. The van der Waals surface area contributed by atoms with Crippen molar-refractivity contribution in [1.29, 1.82) is 0 Å². The van der Waals surface area contributed by atoms with Crippen LogP contribution in [0, 0.1) is 0 Å². The number of benzene rings is 10. The number of rotatable bonds is 6. The molecule has 64 heavy (non-hydrogen) atoms. The van der Waals surface area contributed by atoms with E-state index in [0.29, 0.717) is 0 Å². The SMILES string of the molecule is CC1(C)c2ccccc2-c2cccc(-c3ccc(N(c4ccc(-c5cccc6sc7ccccc7c56)cc4)c4ccccc4-c4cccc5oc6c7ccccc7ccc6c45)cc3)c21. The second-order valence-electron chi connectivity index (χ2n) is 17.6. The van der Waals surface area contributed by atoms with E-state index in [9.17, 15) is 0 Å². The number of nitrogens with zero attached hydrogens (tertiary/aromatic N) is 1. The molecule has 0 saturated heterocycles. The van der Waals surface area contributed by atoms with Gasteiger partial charge in [-0.2, -0.15) is 0 Å². The van der Waals surface area contributed by atoms with E-state index in [4.69, 9.17) is 4.42 Å². The highest BCUT2D eigenvalue weighted by Gasteiger charge is 2.37. The van der Waals surface area contributed by atoms with Gasteiger partial charge in [0.25, 0.3) is 0 Å². The number of hydrogen-bond donors (Lipinski definition) is 0. The Morgan fingerprint density at radius 3 is 1.83 bits per heavy atom. The summed E-state index contributed by atoms with van der Waals surface area (Å²) in [5.41, 5.74) is 17.6. The van der Waals surface area contributed by atoms with Crippen LogP contribution in [-0.4, -0.2) is 0 Å². The van der Waals surface area contributed by atoms with Gasteiger partial charge in [0.05, 0.1) is 5.69 Å². The molecule has 0 amide bonds. The number of thiophene rings is 1. The van der Waals surface area contributed by atoms with Crippen molar-refractivity contribution in [3.63, 3.8) is 0 Å². The van der Waals surface area contributed by atoms with Crippen LogP contribution < -0.4 is 4.90 Å². The minimum absolute atomic E-state index is 0.113. The Labute approximate surface area is 375 Å². The monoisotopic (exact) mass is 835 g/mol. The maximum absolute atomic E-state index is 6.71. The maximum Gasteiger partial charge on any atom is 0.143 e. The molecule has 12 aromatic rings. The van der Waals surface area contributed by atoms with Gasteiger partial charge in [0.15, 0.2) is 0 Å². The van der Waals surface area contributed by atoms with E-state index < -0.39 is 0 Å². The fraction of sp³-hybridized carbons (Fsp3) is 0.0492. The van der Waals surface area contributed by atoms with Crippen LogP contribution >= 0.6 is 11.3 Å². The second-order valence-corrected chi connectivity index (χ2v) is 18.6. The van der Waals surface area contributed by atoms with Crippen molar-refractivity contribution in [2.24, 2.45) is 0 Å². The molecule has 1 aliphatic carbocycles. The van der Waals surface area contributed by atoms with E-state index in [1.54, 1.807) is 0 Å². The zero-order valence-corrected chi connectivity index (χ0v) is 36.3. The average molecular weight is 836 g/mol. The van der Waals surface area contributed by atoms with Crippen LogP contribution in [0.25, 0.3) is 97.4 Å². The third-order valence-electron chi connectivity index (χ3n) is 13.7. The molecule has 0 atom stereocenters. The van der Waals surface area contributed by atoms with Gasteiger partial charge in [0.1, 0.15) is 11.2 Å². The smallest absolute Gasteiger partial charge is 0.143 e. The zero-order chi connectivity index (χ0) is 42.5. The molecule has 2 aromatic heterocycles. The number of furan rings is 1. The Balaban J connectivity index is 0.985. The molecule has 0 bridgehead atoms. The van der Waals surface area contributed by atoms with Crippen molar-refractivity contribution in [3.8, 4) is 44.5 Å². The zero-order valence-electron chi connectivity index (χ0n) is 35.5. The fourth-order valence-electron chi connectivity index (χ4n) is 10.8. The van der Waals surface area contributed by atoms with Gasteiger partial charge >= 0.3 is 0 Å². The minimum atomic E-state index is -0.113. The largest absolute Gasteiger partial charge is 0.455 e. The third kappa shape index (κ3) is 5.51. The molecule has 13 rings (SSSR count). The molecule has 0 unspecified atom stereocenters. The summed E-state index contributed by atoms with van der Waals surface area (Å²) in [5, 5.41) is 7.17. The molecular formula is C61H41NOS. The topological polar surface area (TPSA) is 16.4 Å². The molecular weight excluding hydrogens is 795 g/mol. The highest BCUT2D eigenvalue weighted by atomic mass is 32.1. The summed E-state index contributed by atoms with van der Waals surface area (Å²) in [5.74, 6) is 0. The van der Waals surface area contributed by atoms with E-state index in [1.165, 1.54) is 70.1 Å². The van der Waals surface area contributed by atoms with Crippen LogP contribution in [0.4, 0.5) is 17.1 Å². The predicted octanol–water partition coefficient (Wildman–Crippen LogP) is 17.9. The molecule has 0 spiro atoms. The van der Waals surface area contributed by atoms with Crippen molar-refractivity contribution in [2.75, 3.05) is 4.90 Å². The van der Waals surface area contributed by atoms with Crippen LogP contribution in [0.3, 0.4) is 0 Å². The van der Waals surface area contributed by atoms with Gasteiger partial charge in [-0.1, -0.05) is 172 Å². The molecule has 0 saturated carbocycles. The van der Waals surface area contributed by atoms with E-state index in [-0.39, 0.29) is 5.41 Å². The van der Waals surface area contributed by atoms with Crippen molar-refractivity contribution in [1.82, 2.24) is 0 Å². The van der Waals surface area contributed by atoms with Crippen molar-refractivity contribution in [3.05, 3.63) is 223 Å². The first-order valence-electron chi connectivity index (χ1n) is 22.1. The fourth-order valence-corrected chi connectivity index (χ4v) is 11.9. The Kier molecular flexibility index (Phi) is 8.16. The Morgan fingerprint density at radius 2 is 1.00 bits per heavy atom. The molecule has 0 aliphatic heterocycles. The lowest BCUT2D eigenvalue weighted by Crippen LogP contribution is -2.16. The lowest BCUT2D eigenvalue weighted by atomic mass is 9.79. The van der Waals surface area contributed by atoms with Crippen molar-refractivity contribution < 1.29 is 4.42 Å². The Bertz CT molecular complexity index is 3810. The summed E-state index contributed by atoms with van der Waals surface area (Å²) in [7, 11) is 0. The highest BCUT2D eigenvalue weighted by molar-refractivity contribution is 7.25. The molecule has 0 fully saturated rings. The second kappa shape index (κ2) is 14.2. The van der Waals surface area contributed by atoms with Crippen molar-refractivity contribution in [2.45, 2.75) is 19.3 Å². The average Bonchev–Trinajstić information content (AvgIpc) is 4.00. The normalized spacial score (nSPS) is 13.0. The molecule has 2 nitrogen and oxygen atoms in total. The van der Waals surface area contributed by atoms with Crippen LogP contribution in [0.2, 0.25) is 0 Å². The quantitative estimate of drug-likeness (QED) is 0.166. The Hall–Kier alpha value is -7.72. The minimum Gasteiger partial charge on any atom is -0.455 e. The van der Waals surface area contributed by atoms with E-state index in [1.807, 2.05) is 11.3 Å². The summed E-state index contributed by atoms with van der Waals surface area (Å²) in [4.78, 5) is 2.43. The summed E-state index contributed by atoms with van der Waals surface area (Å²) in [6.45, 7) is 4.73. The van der Waals surface area contributed by atoms with Crippen molar-refractivity contribution >= 4 is 81.3 Å². The molecule has 3 heteroatoms. The summed E-state index contributed by atoms with van der Waals surface area (Å²) < 4.78 is 9.34. The van der Waals surface area contributed by atoms with Gasteiger partial charge in [0.2, 0.25) is 0 Å². The number of fused-ring (bicyclic) bond motifs is 11. The molecule has 0 N–H and O–H groups in total. The van der Waals surface area contributed by atoms with Crippen LogP contribution in [0.15, 0.2) is 217 Å². The lowest BCUT2D eigenvalue weighted by Gasteiger charge is -2.29. The molecule has 10 aromatic carbocycles. The molecule has 2 heterocycles. The van der Waals surface area contributed by atoms with Gasteiger partial charge in [-0.15, -0.1) is 11.3 Å². The first-order valence-corrected chi connectivity index (χ1v) is 22.9. The van der Waals surface area contributed by atoms with Gasteiger partial charge in [-0.3, -0.25) is 0 Å². The first kappa shape index (κ1) is 36.9.